The highest BCUT2D eigenvalue weighted by molar-refractivity contribution is 7.22. The highest BCUT2D eigenvalue weighted by Crippen LogP contribution is 2.34. The molecule has 0 unspecified atom stereocenters. The fourth-order valence-corrected chi connectivity index (χ4v) is 5.65. The van der Waals surface area contributed by atoms with Crippen molar-refractivity contribution >= 4 is 32.6 Å². The molecule has 1 aromatic heterocycles. The SMILES string of the molecule is Cc1ccc(C)c2sc(N(CCCN3CCOCC3)C(=O)c3ccc(-c4ccccc4)cc3)nc12. The second kappa shape index (κ2) is 10.7. The van der Waals surface area contributed by atoms with Gasteiger partial charge in [-0.05, 0) is 54.7 Å². The van der Waals surface area contributed by atoms with Crippen LogP contribution in [0, 0.1) is 13.8 Å². The Hall–Kier alpha value is -3.06. The summed E-state index contributed by atoms with van der Waals surface area (Å²) in [5.74, 6) is 0.000881. The van der Waals surface area contributed by atoms with Crippen molar-refractivity contribution in [2.75, 3.05) is 44.3 Å². The van der Waals surface area contributed by atoms with Gasteiger partial charge in [0.25, 0.3) is 5.91 Å². The van der Waals surface area contributed by atoms with Gasteiger partial charge in [-0.25, -0.2) is 4.98 Å². The molecule has 180 valence electrons. The van der Waals surface area contributed by atoms with Gasteiger partial charge in [0.2, 0.25) is 0 Å². The molecule has 35 heavy (non-hydrogen) atoms. The lowest BCUT2D eigenvalue weighted by Crippen LogP contribution is -2.39. The van der Waals surface area contributed by atoms with E-state index in [-0.39, 0.29) is 5.91 Å². The number of carbonyl (C=O) groups is 1. The lowest BCUT2D eigenvalue weighted by molar-refractivity contribution is 0.0376. The van der Waals surface area contributed by atoms with E-state index in [0.29, 0.717) is 12.1 Å². The largest absolute Gasteiger partial charge is 0.379 e. The molecule has 1 saturated heterocycles. The average molecular weight is 486 g/mol. The minimum atomic E-state index is 0.000881. The molecule has 0 bridgehead atoms. The van der Waals surface area contributed by atoms with Crippen LogP contribution in [0.15, 0.2) is 66.7 Å². The molecule has 0 saturated carbocycles. The van der Waals surface area contributed by atoms with Crippen LogP contribution in [0.1, 0.15) is 27.9 Å². The predicted octanol–water partition coefficient (Wildman–Crippen LogP) is 5.95. The van der Waals surface area contributed by atoms with Crippen LogP contribution in [0.25, 0.3) is 21.3 Å². The number of hydrogen-bond acceptors (Lipinski definition) is 5. The number of carbonyl (C=O) groups excluding carboxylic acids is 1. The lowest BCUT2D eigenvalue weighted by atomic mass is 10.0. The number of morpholine rings is 1. The fraction of sp³-hybridized carbons (Fsp3) is 0.310. The van der Waals surface area contributed by atoms with Gasteiger partial charge in [0.05, 0.1) is 23.4 Å². The molecule has 2 heterocycles. The third kappa shape index (κ3) is 5.30. The van der Waals surface area contributed by atoms with Crippen molar-refractivity contribution in [1.82, 2.24) is 9.88 Å². The van der Waals surface area contributed by atoms with Crippen LogP contribution in [0.3, 0.4) is 0 Å². The van der Waals surface area contributed by atoms with E-state index >= 15 is 0 Å². The van der Waals surface area contributed by atoms with Gasteiger partial charge in [-0.15, -0.1) is 0 Å². The molecule has 1 aliphatic heterocycles. The molecule has 4 aromatic rings. The normalized spacial score (nSPS) is 14.3. The monoisotopic (exact) mass is 485 g/mol. The van der Waals surface area contributed by atoms with Crippen molar-refractivity contribution in [3.63, 3.8) is 0 Å². The summed E-state index contributed by atoms with van der Waals surface area (Å²) in [6.45, 7) is 9.24. The molecule has 1 fully saturated rings. The number of hydrogen-bond donors (Lipinski definition) is 0. The number of aromatic nitrogens is 1. The maximum absolute atomic E-state index is 13.8. The average Bonchev–Trinajstić information content (AvgIpc) is 3.36. The fourth-order valence-electron chi connectivity index (χ4n) is 4.52. The van der Waals surface area contributed by atoms with E-state index in [2.05, 4.69) is 43.0 Å². The van der Waals surface area contributed by atoms with Crippen molar-refractivity contribution in [3.8, 4) is 11.1 Å². The first kappa shape index (κ1) is 23.7. The van der Waals surface area contributed by atoms with E-state index in [0.717, 1.165) is 71.3 Å². The second-order valence-electron chi connectivity index (χ2n) is 9.08. The van der Waals surface area contributed by atoms with E-state index in [1.807, 2.05) is 47.4 Å². The lowest BCUT2D eigenvalue weighted by Gasteiger charge is -2.27. The third-order valence-corrected chi connectivity index (χ3v) is 7.82. The second-order valence-corrected chi connectivity index (χ2v) is 10.1. The van der Waals surface area contributed by atoms with E-state index in [1.165, 1.54) is 5.56 Å². The first-order valence-electron chi connectivity index (χ1n) is 12.2. The zero-order chi connectivity index (χ0) is 24.2. The Morgan fingerprint density at radius 2 is 1.63 bits per heavy atom. The van der Waals surface area contributed by atoms with Gasteiger partial charge in [0.15, 0.2) is 5.13 Å². The Kier molecular flexibility index (Phi) is 7.23. The molecular formula is C29H31N3O2S. The van der Waals surface area contributed by atoms with E-state index < -0.39 is 0 Å². The zero-order valence-electron chi connectivity index (χ0n) is 20.4. The minimum absolute atomic E-state index is 0.000881. The Morgan fingerprint density at radius 3 is 2.34 bits per heavy atom. The number of amides is 1. The van der Waals surface area contributed by atoms with E-state index in [4.69, 9.17) is 9.72 Å². The van der Waals surface area contributed by atoms with Crippen molar-refractivity contribution < 1.29 is 9.53 Å². The Morgan fingerprint density at radius 1 is 0.943 bits per heavy atom. The summed E-state index contributed by atoms with van der Waals surface area (Å²) in [6.07, 6.45) is 0.891. The first-order chi connectivity index (χ1) is 17.1. The van der Waals surface area contributed by atoms with Crippen LogP contribution in [0.2, 0.25) is 0 Å². The third-order valence-electron chi connectivity index (χ3n) is 6.61. The smallest absolute Gasteiger partial charge is 0.260 e. The van der Waals surface area contributed by atoms with Gasteiger partial charge in [0, 0.05) is 31.7 Å². The number of thiazole rings is 1. The molecule has 0 N–H and O–H groups in total. The summed E-state index contributed by atoms with van der Waals surface area (Å²) < 4.78 is 6.63. The molecule has 5 nitrogen and oxygen atoms in total. The minimum Gasteiger partial charge on any atom is -0.379 e. The van der Waals surface area contributed by atoms with Gasteiger partial charge in [-0.1, -0.05) is 65.9 Å². The molecule has 1 amide bonds. The Balaban J connectivity index is 1.41. The number of rotatable bonds is 7. The number of ether oxygens (including phenoxy) is 1. The summed E-state index contributed by atoms with van der Waals surface area (Å²) >= 11 is 1.62. The van der Waals surface area contributed by atoms with E-state index in [1.54, 1.807) is 11.3 Å². The van der Waals surface area contributed by atoms with Crippen LogP contribution < -0.4 is 4.90 Å². The van der Waals surface area contributed by atoms with Crippen LogP contribution >= 0.6 is 11.3 Å². The summed E-state index contributed by atoms with van der Waals surface area (Å²) in [7, 11) is 0. The molecule has 5 rings (SSSR count). The number of fused-ring (bicyclic) bond motifs is 1. The van der Waals surface area contributed by atoms with Gasteiger partial charge in [-0.2, -0.15) is 0 Å². The van der Waals surface area contributed by atoms with Crippen molar-refractivity contribution in [2.24, 2.45) is 0 Å². The number of benzene rings is 3. The van der Waals surface area contributed by atoms with Crippen molar-refractivity contribution in [3.05, 3.63) is 83.4 Å². The maximum atomic E-state index is 13.8. The standard InChI is InChI=1S/C29H31N3O2S/c1-21-9-10-22(2)27-26(21)30-29(35-27)32(16-6-15-31-17-19-34-20-18-31)28(33)25-13-11-24(12-14-25)23-7-4-3-5-8-23/h3-5,7-14H,6,15-20H2,1-2H3. The van der Waals surface area contributed by atoms with E-state index in [9.17, 15) is 4.79 Å². The van der Waals surface area contributed by atoms with Gasteiger partial charge >= 0.3 is 0 Å². The Labute approximate surface area is 211 Å². The molecule has 3 aromatic carbocycles. The van der Waals surface area contributed by atoms with Crippen LogP contribution in [0.4, 0.5) is 5.13 Å². The molecule has 6 heteroatoms. The maximum Gasteiger partial charge on any atom is 0.260 e. The molecule has 0 atom stereocenters. The predicted molar refractivity (Wildman–Crippen MR) is 145 cm³/mol. The highest BCUT2D eigenvalue weighted by atomic mass is 32.1. The Bertz CT molecular complexity index is 1260. The van der Waals surface area contributed by atoms with Crippen molar-refractivity contribution in [2.45, 2.75) is 20.3 Å². The quantitative estimate of drug-likeness (QED) is 0.325. The molecule has 0 spiro atoms. The molecular weight excluding hydrogens is 454 g/mol. The van der Waals surface area contributed by atoms with Crippen LogP contribution in [-0.4, -0.2) is 55.2 Å². The summed E-state index contributed by atoms with van der Waals surface area (Å²) in [5.41, 5.74) is 6.26. The molecule has 0 radical (unpaired) electrons. The molecule has 1 aliphatic rings. The topological polar surface area (TPSA) is 45.7 Å². The van der Waals surface area contributed by atoms with Gasteiger partial charge in [0.1, 0.15) is 0 Å². The van der Waals surface area contributed by atoms with Gasteiger partial charge < -0.3 is 4.74 Å². The zero-order valence-corrected chi connectivity index (χ0v) is 21.2. The summed E-state index contributed by atoms with van der Waals surface area (Å²) in [4.78, 5) is 23.0. The van der Waals surface area contributed by atoms with Crippen LogP contribution in [-0.2, 0) is 4.74 Å². The highest BCUT2D eigenvalue weighted by Gasteiger charge is 2.23. The summed E-state index contributed by atoms with van der Waals surface area (Å²) in [5, 5.41) is 0.775. The first-order valence-corrected chi connectivity index (χ1v) is 13.1. The number of aryl methyl sites for hydroxylation is 2. The molecule has 0 aliphatic carbocycles. The van der Waals surface area contributed by atoms with Gasteiger partial charge in [-0.3, -0.25) is 14.6 Å². The van der Waals surface area contributed by atoms with Crippen LogP contribution in [0.5, 0.6) is 0 Å². The van der Waals surface area contributed by atoms with Crippen molar-refractivity contribution in [1.29, 1.82) is 0 Å². The number of nitrogens with zero attached hydrogens (tertiary/aromatic N) is 3. The number of anilines is 1. The summed E-state index contributed by atoms with van der Waals surface area (Å²) in [6, 6.07) is 22.4.